The Balaban J connectivity index is 2.43. The van der Waals surface area contributed by atoms with Crippen LogP contribution in [0.15, 0.2) is 24.3 Å². The van der Waals surface area contributed by atoms with Gasteiger partial charge < -0.3 is 9.47 Å². The fourth-order valence-corrected chi connectivity index (χ4v) is 2.24. The molecule has 18 heavy (non-hydrogen) atoms. The van der Waals surface area contributed by atoms with Gasteiger partial charge in [-0.15, -0.1) is 0 Å². The molecule has 1 unspecified atom stereocenters. The molecule has 0 radical (unpaired) electrons. The molecular weight excluding hydrogens is 346 g/mol. The smallest absolute Gasteiger partial charge is 0.123 e. The van der Waals surface area contributed by atoms with Crippen LogP contribution < -0.4 is 0 Å². The van der Waals surface area contributed by atoms with Crippen molar-refractivity contribution in [3.63, 3.8) is 0 Å². The van der Waals surface area contributed by atoms with Crippen molar-refractivity contribution in [3.8, 4) is 0 Å². The van der Waals surface area contributed by atoms with Crippen LogP contribution in [0.2, 0.25) is 0 Å². The molecule has 2 nitrogen and oxygen atoms in total. The second-order valence-electron chi connectivity index (χ2n) is 5.03. The van der Waals surface area contributed by atoms with E-state index in [-0.39, 0.29) is 17.5 Å². The maximum absolute atomic E-state index is 13.1. The van der Waals surface area contributed by atoms with E-state index >= 15 is 0 Å². The van der Waals surface area contributed by atoms with E-state index < -0.39 is 0 Å². The van der Waals surface area contributed by atoms with Crippen LogP contribution in [0.4, 0.5) is 4.39 Å². The van der Waals surface area contributed by atoms with Crippen molar-refractivity contribution < 1.29 is 13.9 Å². The van der Waals surface area contributed by atoms with Crippen LogP contribution in [0.1, 0.15) is 32.4 Å². The van der Waals surface area contributed by atoms with Gasteiger partial charge in [0.2, 0.25) is 0 Å². The van der Waals surface area contributed by atoms with Gasteiger partial charge in [0, 0.05) is 4.43 Å². The van der Waals surface area contributed by atoms with Crippen molar-refractivity contribution in [1.82, 2.24) is 0 Å². The first kappa shape index (κ1) is 15.9. The van der Waals surface area contributed by atoms with Gasteiger partial charge in [0.15, 0.2) is 0 Å². The molecule has 0 aliphatic rings. The first-order valence-electron chi connectivity index (χ1n) is 5.99. The van der Waals surface area contributed by atoms with Crippen LogP contribution in [-0.4, -0.2) is 23.2 Å². The zero-order valence-corrected chi connectivity index (χ0v) is 13.2. The third-order valence-corrected chi connectivity index (χ3v) is 3.10. The van der Waals surface area contributed by atoms with E-state index in [4.69, 9.17) is 9.47 Å². The lowest BCUT2D eigenvalue weighted by Crippen LogP contribution is -2.22. The molecule has 0 saturated heterocycles. The van der Waals surface area contributed by atoms with E-state index in [0.717, 1.165) is 9.99 Å². The maximum Gasteiger partial charge on any atom is 0.123 e. The molecule has 0 aromatic heterocycles. The third-order valence-electron chi connectivity index (χ3n) is 2.30. The van der Waals surface area contributed by atoms with Crippen molar-refractivity contribution in [2.45, 2.75) is 32.5 Å². The van der Waals surface area contributed by atoms with Crippen molar-refractivity contribution in [2.75, 3.05) is 17.6 Å². The molecule has 1 rings (SSSR count). The molecule has 4 heteroatoms. The summed E-state index contributed by atoms with van der Waals surface area (Å²) in [5.74, 6) is -0.225. The van der Waals surface area contributed by atoms with Gasteiger partial charge in [0.1, 0.15) is 5.82 Å². The predicted octanol–water partition coefficient (Wildman–Crippen LogP) is 4.13. The number of benzene rings is 1. The van der Waals surface area contributed by atoms with E-state index in [2.05, 4.69) is 22.6 Å². The monoisotopic (exact) mass is 366 g/mol. The fraction of sp³-hybridized carbons (Fsp3) is 0.571. The molecule has 1 aromatic carbocycles. The van der Waals surface area contributed by atoms with Crippen molar-refractivity contribution in [2.24, 2.45) is 0 Å². The van der Waals surface area contributed by atoms with Crippen LogP contribution in [-0.2, 0) is 9.47 Å². The maximum atomic E-state index is 13.1. The number of hydrogen-bond donors (Lipinski definition) is 0. The second kappa shape index (κ2) is 7.40. The largest absolute Gasteiger partial charge is 0.373 e. The highest BCUT2D eigenvalue weighted by Gasteiger charge is 2.13. The Kier molecular flexibility index (Phi) is 6.52. The quantitative estimate of drug-likeness (QED) is 0.428. The Morgan fingerprint density at radius 2 is 2.00 bits per heavy atom. The first-order valence-corrected chi connectivity index (χ1v) is 7.52. The second-order valence-corrected chi connectivity index (χ2v) is 5.91. The molecule has 0 heterocycles. The van der Waals surface area contributed by atoms with Crippen molar-refractivity contribution >= 4 is 22.6 Å². The predicted molar refractivity (Wildman–Crippen MR) is 79.7 cm³/mol. The van der Waals surface area contributed by atoms with Gasteiger partial charge in [-0.05, 0) is 38.5 Å². The van der Waals surface area contributed by atoms with Gasteiger partial charge in [0.25, 0.3) is 0 Å². The van der Waals surface area contributed by atoms with Gasteiger partial charge in [-0.3, -0.25) is 0 Å². The summed E-state index contributed by atoms with van der Waals surface area (Å²) in [5, 5.41) is 0. The topological polar surface area (TPSA) is 18.5 Å². The summed E-state index contributed by atoms with van der Waals surface area (Å²) < 4.78 is 25.2. The Hall–Kier alpha value is -0.200. The molecule has 0 aliphatic carbocycles. The molecule has 0 N–H and O–H groups in total. The zero-order valence-electron chi connectivity index (χ0n) is 11.1. The molecule has 0 saturated carbocycles. The van der Waals surface area contributed by atoms with E-state index in [1.165, 1.54) is 12.1 Å². The number of alkyl halides is 1. The summed E-state index contributed by atoms with van der Waals surface area (Å²) in [6.07, 6.45) is -0.0788. The Morgan fingerprint density at radius 1 is 1.28 bits per heavy atom. The van der Waals surface area contributed by atoms with Gasteiger partial charge in [-0.25, -0.2) is 4.39 Å². The van der Waals surface area contributed by atoms with E-state index in [9.17, 15) is 4.39 Å². The minimum Gasteiger partial charge on any atom is -0.373 e. The summed E-state index contributed by atoms with van der Waals surface area (Å²) in [4.78, 5) is 0. The third kappa shape index (κ3) is 6.11. The van der Waals surface area contributed by atoms with E-state index in [0.29, 0.717) is 13.2 Å². The van der Waals surface area contributed by atoms with E-state index in [1.54, 1.807) is 6.07 Å². The van der Waals surface area contributed by atoms with Crippen LogP contribution in [0.25, 0.3) is 0 Å². The van der Waals surface area contributed by atoms with Crippen LogP contribution in [0, 0.1) is 5.82 Å². The van der Waals surface area contributed by atoms with Gasteiger partial charge in [-0.1, -0.05) is 34.7 Å². The summed E-state index contributed by atoms with van der Waals surface area (Å²) >= 11 is 2.24. The first-order chi connectivity index (χ1) is 8.42. The highest BCUT2D eigenvalue weighted by atomic mass is 127. The number of halogens is 2. The van der Waals surface area contributed by atoms with Crippen LogP contribution in [0.3, 0.4) is 0 Å². The van der Waals surface area contributed by atoms with Crippen LogP contribution >= 0.6 is 22.6 Å². The molecule has 102 valence electrons. The van der Waals surface area contributed by atoms with Gasteiger partial charge >= 0.3 is 0 Å². The Bertz CT molecular complexity index is 363. The summed E-state index contributed by atoms with van der Waals surface area (Å²) in [6.45, 7) is 7.09. The summed E-state index contributed by atoms with van der Waals surface area (Å²) in [5.41, 5.74) is 0.724. The van der Waals surface area contributed by atoms with Gasteiger partial charge in [0.05, 0.1) is 24.9 Å². The molecule has 1 aromatic rings. The van der Waals surface area contributed by atoms with Crippen molar-refractivity contribution in [3.05, 3.63) is 35.6 Å². The highest BCUT2D eigenvalue weighted by Crippen LogP contribution is 2.20. The average Bonchev–Trinajstić information content (AvgIpc) is 2.27. The lowest BCUT2D eigenvalue weighted by atomic mass is 10.1. The lowest BCUT2D eigenvalue weighted by molar-refractivity contribution is -0.0478. The fourth-order valence-electron chi connectivity index (χ4n) is 1.47. The molecular formula is C14H20FIO2. The van der Waals surface area contributed by atoms with Gasteiger partial charge in [-0.2, -0.15) is 0 Å². The average molecular weight is 366 g/mol. The van der Waals surface area contributed by atoms with E-state index in [1.807, 2.05) is 26.8 Å². The Morgan fingerprint density at radius 3 is 2.56 bits per heavy atom. The molecule has 0 fully saturated rings. The number of hydrogen-bond acceptors (Lipinski definition) is 2. The normalized spacial score (nSPS) is 13.6. The zero-order chi connectivity index (χ0) is 13.6. The Labute approximate surface area is 122 Å². The highest BCUT2D eigenvalue weighted by molar-refractivity contribution is 14.1. The SMILES string of the molecule is CC(C)(C)OCCOC(CI)c1cccc(F)c1. The number of rotatable bonds is 6. The standard InChI is InChI=1S/C14H20FIO2/c1-14(2,3)18-8-7-17-13(10-16)11-5-4-6-12(15)9-11/h4-6,9,13H,7-8,10H2,1-3H3. The molecule has 1 atom stereocenters. The minimum absolute atomic E-state index is 0.0788. The minimum atomic E-state index is -0.225. The number of ether oxygens (including phenoxy) is 2. The van der Waals surface area contributed by atoms with Crippen molar-refractivity contribution in [1.29, 1.82) is 0 Å². The lowest BCUT2D eigenvalue weighted by Gasteiger charge is -2.21. The van der Waals surface area contributed by atoms with Crippen LogP contribution in [0.5, 0.6) is 0 Å². The summed E-state index contributed by atoms with van der Waals surface area (Å²) in [7, 11) is 0. The molecule has 0 spiro atoms. The summed E-state index contributed by atoms with van der Waals surface area (Å²) in [6, 6.07) is 6.56. The molecule has 0 aliphatic heterocycles. The molecule has 0 bridgehead atoms. The molecule has 0 amide bonds.